The van der Waals surface area contributed by atoms with Crippen molar-refractivity contribution in [2.75, 3.05) is 26.2 Å². The quantitative estimate of drug-likeness (QED) is 0.594. The summed E-state index contributed by atoms with van der Waals surface area (Å²) in [4.78, 5) is 24.8. The summed E-state index contributed by atoms with van der Waals surface area (Å²) in [5.74, 6) is 0.261. The van der Waals surface area contributed by atoms with E-state index in [0.29, 0.717) is 18.5 Å². The number of rotatable bonds is 5. The lowest BCUT2D eigenvalue weighted by Crippen LogP contribution is -2.48. The van der Waals surface area contributed by atoms with Crippen molar-refractivity contribution in [2.24, 2.45) is 5.92 Å². The summed E-state index contributed by atoms with van der Waals surface area (Å²) < 4.78 is 0. The fourth-order valence-electron chi connectivity index (χ4n) is 2.58. The van der Waals surface area contributed by atoms with E-state index in [9.17, 15) is 9.59 Å². The van der Waals surface area contributed by atoms with Gasteiger partial charge in [-0.3, -0.25) is 25.3 Å². The van der Waals surface area contributed by atoms with Crippen LogP contribution in [0.1, 0.15) is 32.6 Å². The van der Waals surface area contributed by atoms with E-state index in [2.05, 4.69) is 21.1 Å². The lowest BCUT2D eigenvalue weighted by Gasteiger charge is -2.29. The van der Waals surface area contributed by atoms with E-state index < -0.39 is 0 Å². The third-order valence-electron chi connectivity index (χ3n) is 3.68. The molecule has 3 N–H and O–H groups in total. The van der Waals surface area contributed by atoms with Gasteiger partial charge in [0.2, 0.25) is 5.91 Å². The minimum absolute atomic E-state index is 0.133. The van der Waals surface area contributed by atoms with Gasteiger partial charge >= 0.3 is 0 Å². The van der Waals surface area contributed by atoms with Crippen molar-refractivity contribution in [3.8, 4) is 0 Å². The second-order valence-electron chi connectivity index (χ2n) is 5.60. The van der Waals surface area contributed by atoms with E-state index in [0.717, 1.165) is 19.6 Å². The normalized spacial score (nSPS) is 23.2. The highest BCUT2D eigenvalue weighted by Gasteiger charge is 2.32. The fourth-order valence-corrected chi connectivity index (χ4v) is 2.58. The van der Waals surface area contributed by atoms with Crippen molar-refractivity contribution in [3.05, 3.63) is 0 Å². The van der Waals surface area contributed by atoms with Gasteiger partial charge < -0.3 is 5.32 Å². The molecule has 0 aromatic rings. The molecule has 108 valence electrons. The third kappa shape index (κ3) is 5.16. The van der Waals surface area contributed by atoms with Crippen molar-refractivity contribution >= 4 is 11.8 Å². The molecule has 0 aromatic heterocycles. The monoisotopic (exact) mass is 268 g/mol. The number of hydrazine groups is 1. The van der Waals surface area contributed by atoms with E-state index in [-0.39, 0.29) is 11.8 Å². The van der Waals surface area contributed by atoms with Crippen molar-refractivity contribution in [3.63, 3.8) is 0 Å². The van der Waals surface area contributed by atoms with Gasteiger partial charge in [-0.05, 0) is 44.7 Å². The SMILES string of the molecule is CC(=O)NNC(=O)CN(CC1CCCNC1)C1CC1. The predicted molar refractivity (Wildman–Crippen MR) is 72.1 cm³/mol. The van der Waals surface area contributed by atoms with Crippen LogP contribution in [0.4, 0.5) is 0 Å². The third-order valence-corrected chi connectivity index (χ3v) is 3.68. The van der Waals surface area contributed by atoms with E-state index in [1.54, 1.807) is 0 Å². The van der Waals surface area contributed by atoms with Crippen LogP contribution in [-0.2, 0) is 9.59 Å². The molecule has 1 heterocycles. The van der Waals surface area contributed by atoms with Crippen LogP contribution in [0.2, 0.25) is 0 Å². The van der Waals surface area contributed by atoms with Gasteiger partial charge in [0.1, 0.15) is 0 Å². The molecule has 2 amide bonds. The Morgan fingerprint density at radius 1 is 1.26 bits per heavy atom. The highest BCUT2D eigenvalue weighted by molar-refractivity contribution is 5.82. The topological polar surface area (TPSA) is 73.5 Å². The maximum absolute atomic E-state index is 11.7. The zero-order valence-electron chi connectivity index (χ0n) is 11.6. The van der Waals surface area contributed by atoms with Crippen LogP contribution in [0, 0.1) is 5.92 Å². The second-order valence-corrected chi connectivity index (χ2v) is 5.60. The molecule has 1 saturated carbocycles. The number of hydrogen-bond acceptors (Lipinski definition) is 4. The average molecular weight is 268 g/mol. The Bertz CT molecular complexity index is 325. The Morgan fingerprint density at radius 2 is 2.05 bits per heavy atom. The van der Waals surface area contributed by atoms with Crippen molar-refractivity contribution in [1.29, 1.82) is 0 Å². The van der Waals surface area contributed by atoms with Gasteiger partial charge in [0.05, 0.1) is 6.54 Å². The molecular formula is C13H24N4O2. The Labute approximate surface area is 114 Å². The summed E-state index contributed by atoms with van der Waals surface area (Å²) in [5, 5.41) is 3.41. The number of nitrogens with zero attached hydrogens (tertiary/aromatic N) is 1. The second kappa shape index (κ2) is 6.86. The summed E-state index contributed by atoms with van der Waals surface area (Å²) in [7, 11) is 0. The molecule has 6 heteroatoms. The van der Waals surface area contributed by atoms with E-state index in [4.69, 9.17) is 0 Å². The molecular weight excluding hydrogens is 244 g/mol. The number of piperidine rings is 1. The van der Waals surface area contributed by atoms with Crippen LogP contribution in [0.3, 0.4) is 0 Å². The maximum Gasteiger partial charge on any atom is 0.252 e. The number of amides is 2. The van der Waals surface area contributed by atoms with Gasteiger partial charge in [-0.1, -0.05) is 0 Å². The number of carbonyl (C=O) groups is 2. The van der Waals surface area contributed by atoms with E-state index in [1.807, 2.05) is 0 Å². The first-order valence-corrected chi connectivity index (χ1v) is 7.15. The molecule has 6 nitrogen and oxygen atoms in total. The zero-order chi connectivity index (χ0) is 13.7. The molecule has 1 saturated heterocycles. The summed E-state index contributed by atoms with van der Waals surface area (Å²) >= 11 is 0. The minimum Gasteiger partial charge on any atom is -0.316 e. The van der Waals surface area contributed by atoms with Crippen LogP contribution in [0.15, 0.2) is 0 Å². The van der Waals surface area contributed by atoms with Crippen LogP contribution in [-0.4, -0.2) is 48.9 Å². The maximum atomic E-state index is 11.7. The molecule has 1 atom stereocenters. The van der Waals surface area contributed by atoms with E-state index in [1.165, 1.54) is 32.6 Å². The first-order chi connectivity index (χ1) is 9.15. The number of hydrogen-bond donors (Lipinski definition) is 3. The number of carbonyl (C=O) groups excluding carboxylic acids is 2. The standard InChI is InChI=1S/C13H24N4O2/c1-10(18)15-16-13(19)9-17(12-4-5-12)8-11-3-2-6-14-7-11/h11-12,14H,2-9H2,1H3,(H,15,18)(H,16,19). The molecule has 0 radical (unpaired) electrons. The molecule has 1 aliphatic carbocycles. The lowest BCUT2D eigenvalue weighted by molar-refractivity contribution is -0.128. The first-order valence-electron chi connectivity index (χ1n) is 7.15. The first kappa shape index (κ1) is 14.3. The van der Waals surface area contributed by atoms with Gasteiger partial charge in [0.25, 0.3) is 5.91 Å². The Morgan fingerprint density at radius 3 is 2.63 bits per heavy atom. The Hall–Kier alpha value is -1.14. The summed E-state index contributed by atoms with van der Waals surface area (Å²) in [6.07, 6.45) is 4.84. The summed E-state index contributed by atoms with van der Waals surface area (Å²) in [6, 6.07) is 0.560. The van der Waals surface area contributed by atoms with Crippen LogP contribution < -0.4 is 16.2 Å². The molecule has 0 bridgehead atoms. The molecule has 1 aliphatic heterocycles. The molecule has 0 spiro atoms. The van der Waals surface area contributed by atoms with Gasteiger partial charge in [0, 0.05) is 19.5 Å². The van der Waals surface area contributed by atoms with Crippen LogP contribution in [0.5, 0.6) is 0 Å². The van der Waals surface area contributed by atoms with Gasteiger partial charge in [-0.2, -0.15) is 0 Å². The average Bonchev–Trinajstić information content (AvgIpc) is 3.21. The smallest absolute Gasteiger partial charge is 0.252 e. The predicted octanol–water partition coefficient (Wildman–Crippen LogP) is -0.382. The Balaban J connectivity index is 1.75. The molecule has 2 aliphatic rings. The minimum atomic E-state index is -0.247. The van der Waals surface area contributed by atoms with Gasteiger partial charge in [-0.15, -0.1) is 0 Å². The fraction of sp³-hybridized carbons (Fsp3) is 0.846. The lowest BCUT2D eigenvalue weighted by atomic mass is 9.99. The van der Waals surface area contributed by atoms with Crippen molar-refractivity contribution in [2.45, 2.75) is 38.6 Å². The van der Waals surface area contributed by atoms with Gasteiger partial charge in [-0.25, -0.2) is 0 Å². The highest BCUT2D eigenvalue weighted by atomic mass is 16.2. The molecule has 0 aromatic carbocycles. The molecule has 2 fully saturated rings. The van der Waals surface area contributed by atoms with Gasteiger partial charge in [0.15, 0.2) is 0 Å². The summed E-state index contributed by atoms with van der Waals surface area (Å²) in [6.45, 7) is 4.90. The van der Waals surface area contributed by atoms with Crippen molar-refractivity contribution < 1.29 is 9.59 Å². The number of nitrogens with one attached hydrogen (secondary N) is 3. The highest BCUT2D eigenvalue weighted by Crippen LogP contribution is 2.28. The van der Waals surface area contributed by atoms with Crippen molar-refractivity contribution in [1.82, 2.24) is 21.1 Å². The Kier molecular flexibility index (Phi) is 5.15. The van der Waals surface area contributed by atoms with E-state index >= 15 is 0 Å². The zero-order valence-corrected chi connectivity index (χ0v) is 11.6. The molecule has 1 unspecified atom stereocenters. The summed E-state index contributed by atoms with van der Waals surface area (Å²) in [5.41, 5.74) is 4.77. The largest absolute Gasteiger partial charge is 0.316 e. The van der Waals surface area contributed by atoms with Crippen LogP contribution in [0.25, 0.3) is 0 Å². The van der Waals surface area contributed by atoms with Crippen LogP contribution >= 0.6 is 0 Å². The molecule has 19 heavy (non-hydrogen) atoms. The molecule has 2 rings (SSSR count).